The molecule has 0 fully saturated rings. The molecule has 1 aromatic carbocycles. The largest absolute Gasteiger partial charge is 0.339 e. The Balaban J connectivity index is 2.36. The van der Waals surface area contributed by atoms with Crippen LogP contribution in [0, 0.1) is 0 Å². The van der Waals surface area contributed by atoms with Crippen molar-refractivity contribution in [3.63, 3.8) is 0 Å². The molecule has 1 aromatic heterocycles. The van der Waals surface area contributed by atoms with Crippen LogP contribution in [0.25, 0.3) is 10.4 Å². The fourth-order valence-corrected chi connectivity index (χ4v) is 1.93. The summed E-state index contributed by atoms with van der Waals surface area (Å²) in [5.74, 6) is 0.490. The fraction of sp³-hybridized carbons (Fsp3) is 0. The first-order chi connectivity index (χ1) is 6.40. The number of benzene rings is 1. The molecule has 1 N–H and O–H groups in total. The molecule has 0 radical (unpaired) electrons. The van der Waals surface area contributed by atoms with Crippen LogP contribution in [0.2, 0.25) is 0 Å². The van der Waals surface area contributed by atoms with E-state index in [4.69, 9.17) is 5.26 Å². The Morgan fingerprint density at radius 2 is 1.92 bits per heavy atom. The number of hydrogen-bond acceptors (Lipinski definition) is 3. The van der Waals surface area contributed by atoms with Crippen molar-refractivity contribution in [2.24, 2.45) is 0 Å². The van der Waals surface area contributed by atoms with E-state index in [0.29, 0.717) is 5.75 Å². The molecule has 1 heterocycles. The number of thiophene rings is 1. The minimum absolute atomic E-state index is 0.490. The maximum absolute atomic E-state index is 8.40. The summed E-state index contributed by atoms with van der Waals surface area (Å²) in [5, 5.41) is 10.2. The summed E-state index contributed by atoms with van der Waals surface area (Å²) in [4.78, 5) is 5.21. The molecule has 2 nitrogen and oxygen atoms in total. The van der Waals surface area contributed by atoms with E-state index in [2.05, 4.69) is 4.89 Å². The van der Waals surface area contributed by atoms with E-state index in [0.717, 1.165) is 10.4 Å². The van der Waals surface area contributed by atoms with E-state index in [1.807, 2.05) is 30.3 Å². The van der Waals surface area contributed by atoms with E-state index in [1.54, 1.807) is 22.8 Å². The van der Waals surface area contributed by atoms with Crippen LogP contribution in [-0.4, -0.2) is 5.26 Å². The van der Waals surface area contributed by atoms with Gasteiger partial charge in [0.2, 0.25) is 0 Å². The molecule has 0 bridgehead atoms. The Morgan fingerprint density at radius 1 is 1.15 bits per heavy atom. The van der Waals surface area contributed by atoms with Crippen molar-refractivity contribution in [1.82, 2.24) is 0 Å². The third-order valence-electron chi connectivity index (χ3n) is 1.74. The summed E-state index contributed by atoms with van der Waals surface area (Å²) in [6.07, 6.45) is 0. The SMILES string of the molecule is OOc1csc(-c2ccccc2)c1. The van der Waals surface area contributed by atoms with E-state index >= 15 is 0 Å². The van der Waals surface area contributed by atoms with Gasteiger partial charge in [0.05, 0.1) is 0 Å². The van der Waals surface area contributed by atoms with Crippen LogP contribution in [0.4, 0.5) is 0 Å². The standard InChI is InChI=1S/C10H8O2S/c11-12-9-6-10(13-7-9)8-4-2-1-3-5-8/h1-7,11H. The summed E-state index contributed by atoms with van der Waals surface area (Å²) in [6.45, 7) is 0. The molecular formula is C10H8O2S. The molecule has 0 aliphatic heterocycles. The molecule has 0 saturated heterocycles. The highest BCUT2D eigenvalue weighted by Crippen LogP contribution is 2.30. The van der Waals surface area contributed by atoms with Gasteiger partial charge < -0.3 is 4.89 Å². The molecular weight excluding hydrogens is 184 g/mol. The summed E-state index contributed by atoms with van der Waals surface area (Å²) < 4.78 is 0. The topological polar surface area (TPSA) is 29.5 Å². The maximum Gasteiger partial charge on any atom is 0.176 e. The Bertz CT molecular complexity index is 381. The van der Waals surface area contributed by atoms with Crippen molar-refractivity contribution in [1.29, 1.82) is 0 Å². The molecule has 3 heteroatoms. The lowest BCUT2D eigenvalue weighted by molar-refractivity contribution is -0.137. The molecule has 0 saturated carbocycles. The van der Waals surface area contributed by atoms with Crippen LogP contribution >= 0.6 is 11.3 Å². The van der Waals surface area contributed by atoms with Gasteiger partial charge in [0.15, 0.2) is 5.75 Å². The van der Waals surface area contributed by atoms with Gasteiger partial charge in [0.1, 0.15) is 0 Å². The predicted octanol–water partition coefficient (Wildman–Crippen LogP) is 3.27. The lowest BCUT2D eigenvalue weighted by atomic mass is 10.2. The average molecular weight is 192 g/mol. The average Bonchev–Trinajstić information content (AvgIpc) is 2.67. The smallest absolute Gasteiger partial charge is 0.176 e. The third-order valence-corrected chi connectivity index (χ3v) is 2.70. The molecule has 66 valence electrons. The molecule has 0 amide bonds. The second kappa shape index (κ2) is 3.60. The molecule has 13 heavy (non-hydrogen) atoms. The Kier molecular flexibility index (Phi) is 2.29. The monoisotopic (exact) mass is 192 g/mol. The van der Waals surface area contributed by atoms with Gasteiger partial charge in [0, 0.05) is 16.3 Å². The zero-order valence-corrected chi connectivity index (χ0v) is 7.62. The zero-order chi connectivity index (χ0) is 9.10. The Morgan fingerprint density at radius 3 is 2.54 bits per heavy atom. The summed E-state index contributed by atoms with van der Waals surface area (Å²) in [5.41, 5.74) is 1.14. The van der Waals surface area contributed by atoms with E-state index in [9.17, 15) is 0 Å². The summed E-state index contributed by atoms with van der Waals surface area (Å²) >= 11 is 1.54. The van der Waals surface area contributed by atoms with Crippen molar-refractivity contribution in [2.45, 2.75) is 0 Å². The Labute approximate surface area is 80.0 Å². The van der Waals surface area contributed by atoms with E-state index in [-0.39, 0.29) is 0 Å². The molecule has 2 aromatic rings. The molecule has 2 rings (SSSR count). The van der Waals surface area contributed by atoms with Gasteiger partial charge in [0.25, 0.3) is 0 Å². The van der Waals surface area contributed by atoms with Crippen molar-refractivity contribution < 1.29 is 10.1 Å². The first-order valence-electron chi connectivity index (χ1n) is 3.85. The van der Waals surface area contributed by atoms with Gasteiger partial charge in [-0.2, -0.15) is 0 Å². The van der Waals surface area contributed by atoms with E-state index in [1.165, 1.54) is 0 Å². The molecule has 0 unspecified atom stereocenters. The van der Waals surface area contributed by atoms with Crippen LogP contribution in [0.3, 0.4) is 0 Å². The summed E-state index contributed by atoms with van der Waals surface area (Å²) in [7, 11) is 0. The lowest BCUT2D eigenvalue weighted by Crippen LogP contribution is -1.77. The first-order valence-corrected chi connectivity index (χ1v) is 4.73. The van der Waals surface area contributed by atoms with Crippen LogP contribution in [0.15, 0.2) is 41.8 Å². The van der Waals surface area contributed by atoms with Crippen molar-refractivity contribution >= 4 is 11.3 Å². The second-order valence-electron chi connectivity index (χ2n) is 2.60. The molecule has 0 aliphatic carbocycles. The van der Waals surface area contributed by atoms with Crippen molar-refractivity contribution in [2.75, 3.05) is 0 Å². The zero-order valence-electron chi connectivity index (χ0n) is 6.81. The minimum atomic E-state index is 0.490. The Hall–Kier alpha value is -1.32. The normalized spacial score (nSPS) is 9.92. The van der Waals surface area contributed by atoms with Gasteiger partial charge in [-0.05, 0) is 5.56 Å². The molecule has 0 atom stereocenters. The highest BCUT2D eigenvalue weighted by atomic mass is 32.1. The van der Waals surface area contributed by atoms with Crippen LogP contribution < -0.4 is 4.89 Å². The predicted molar refractivity (Wildman–Crippen MR) is 53.0 cm³/mol. The van der Waals surface area contributed by atoms with Gasteiger partial charge in [-0.1, -0.05) is 30.3 Å². The molecule has 0 spiro atoms. The summed E-state index contributed by atoms with van der Waals surface area (Å²) in [6, 6.07) is 11.8. The van der Waals surface area contributed by atoms with Gasteiger partial charge in [-0.15, -0.1) is 11.3 Å². The lowest BCUT2D eigenvalue weighted by Gasteiger charge is -1.93. The quantitative estimate of drug-likeness (QED) is 0.584. The second-order valence-corrected chi connectivity index (χ2v) is 3.52. The number of hydrogen-bond donors (Lipinski definition) is 1. The fourth-order valence-electron chi connectivity index (χ4n) is 1.12. The van der Waals surface area contributed by atoms with Crippen molar-refractivity contribution in [3.8, 4) is 16.2 Å². The van der Waals surface area contributed by atoms with Gasteiger partial charge in [-0.25, -0.2) is 5.26 Å². The van der Waals surface area contributed by atoms with Crippen LogP contribution in [0.5, 0.6) is 5.75 Å². The van der Waals surface area contributed by atoms with Crippen molar-refractivity contribution in [3.05, 3.63) is 41.8 Å². The minimum Gasteiger partial charge on any atom is -0.339 e. The van der Waals surface area contributed by atoms with E-state index < -0.39 is 0 Å². The molecule has 0 aliphatic rings. The maximum atomic E-state index is 8.40. The highest BCUT2D eigenvalue weighted by Gasteiger charge is 2.01. The van der Waals surface area contributed by atoms with Gasteiger partial charge in [-0.3, -0.25) is 0 Å². The van der Waals surface area contributed by atoms with Crippen LogP contribution in [0.1, 0.15) is 0 Å². The third kappa shape index (κ3) is 1.71. The first kappa shape index (κ1) is 8.29. The van der Waals surface area contributed by atoms with Gasteiger partial charge >= 0.3 is 0 Å². The number of rotatable bonds is 2. The van der Waals surface area contributed by atoms with Crippen LogP contribution in [-0.2, 0) is 0 Å². The highest BCUT2D eigenvalue weighted by molar-refractivity contribution is 7.13.